The van der Waals surface area contributed by atoms with Gasteiger partial charge in [0.2, 0.25) is 0 Å². The quantitative estimate of drug-likeness (QED) is 0.487. The number of ether oxygens (including phenoxy) is 1. The molecule has 0 saturated carbocycles. The first-order valence-corrected chi connectivity index (χ1v) is 8.46. The number of benzene rings is 1. The highest BCUT2D eigenvalue weighted by Crippen LogP contribution is 2.27. The minimum atomic E-state index is 0.786. The van der Waals surface area contributed by atoms with Crippen LogP contribution in [-0.4, -0.2) is 7.11 Å². The molecule has 0 radical (unpaired) electrons. The second-order valence-electron chi connectivity index (χ2n) is 6.10. The Bertz CT molecular complexity index is 445. The zero-order valence-corrected chi connectivity index (χ0v) is 14.5. The molecule has 1 aromatic rings. The molecule has 0 bridgehead atoms. The second-order valence-corrected chi connectivity index (χ2v) is 6.10. The predicted octanol–water partition coefficient (Wildman–Crippen LogP) is 6.27. The average molecular weight is 288 g/mol. The van der Waals surface area contributed by atoms with Gasteiger partial charge in [-0.05, 0) is 60.9 Å². The van der Waals surface area contributed by atoms with E-state index >= 15 is 0 Å². The number of allylic oxidation sites excluding steroid dienone is 2. The van der Waals surface area contributed by atoms with Gasteiger partial charge in [0.15, 0.2) is 0 Å². The summed E-state index contributed by atoms with van der Waals surface area (Å²) in [4.78, 5) is 0. The van der Waals surface area contributed by atoms with Gasteiger partial charge in [0.1, 0.15) is 5.75 Å². The molecule has 0 aliphatic carbocycles. The van der Waals surface area contributed by atoms with Crippen molar-refractivity contribution in [2.45, 2.75) is 66.2 Å². The van der Waals surface area contributed by atoms with E-state index in [1.165, 1.54) is 48.8 Å². The van der Waals surface area contributed by atoms with Gasteiger partial charge < -0.3 is 4.74 Å². The molecule has 0 N–H and O–H groups in total. The topological polar surface area (TPSA) is 9.23 Å². The molecular weight excluding hydrogens is 256 g/mol. The molecule has 0 saturated heterocycles. The summed E-state index contributed by atoms with van der Waals surface area (Å²) in [5, 5.41) is 0. The minimum Gasteiger partial charge on any atom is -0.497 e. The third-order valence-corrected chi connectivity index (χ3v) is 4.35. The average Bonchev–Trinajstić information content (AvgIpc) is 2.52. The monoisotopic (exact) mass is 288 g/mol. The van der Waals surface area contributed by atoms with E-state index in [0.29, 0.717) is 0 Å². The second kappa shape index (κ2) is 9.65. The maximum absolute atomic E-state index is 5.40. The van der Waals surface area contributed by atoms with Gasteiger partial charge in [0, 0.05) is 0 Å². The summed E-state index contributed by atoms with van der Waals surface area (Å²) < 4.78 is 5.40. The number of methoxy groups -OCH3 is 1. The lowest BCUT2D eigenvalue weighted by molar-refractivity contribution is 0.414. The van der Waals surface area contributed by atoms with E-state index in [2.05, 4.69) is 52.0 Å². The molecule has 0 fully saturated rings. The number of hydrogen-bond acceptors (Lipinski definition) is 1. The van der Waals surface area contributed by atoms with Gasteiger partial charge in [0.25, 0.3) is 0 Å². The molecule has 0 aliphatic heterocycles. The van der Waals surface area contributed by atoms with Crippen LogP contribution in [0.4, 0.5) is 0 Å². The Morgan fingerprint density at radius 1 is 1.29 bits per heavy atom. The normalized spacial score (nSPS) is 13.3. The van der Waals surface area contributed by atoms with Crippen LogP contribution >= 0.6 is 0 Å². The van der Waals surface area contributed by atoms with E-state index in [-0.39, 0.29) is 0 Å². The standard InChI is InChI=1S/C20H32O/c1-6-8-9-10-17(4)20-14-13-19(21-5)15-18(20)12-11-16(3)7-2/h10,13-16H,6-9,11-12H2,1-5H3/b17-10-. The van der Waals surface area contributed by atoms with E-state index in [1.807, 2.05) is 0 Å². The first-order valence-electron chi connectivity index (χ1n) is 8.46. The van der Waals surface area contributed by atoms with E-state index in [9.17, 15) is 0 Å². The highest BCUT2D eigenvalue weighted by molar-refractivity contribution is 5.67. The van der Waals surface area contributed by atoms with Crippen LogP contribution in [0, 0.1) is 5.92 Å². The Hall–Kier alpha value is -1.24. The summed E-state index contributed by atoms with van der Waals surface area (Å²) in [5.41, 5.74) is 4.24. The lowest BCUT2D eigenvalue weighted by Gasteiger charge is -2.14. The smallest absolute Gasteiger partial charge is 0.119 e. The van der Waals surface area contributed by atoms with Gasteiger partial charge in [-0.15, -0.1) is 0 Å². The summed E-state index contributed by atoms with van der Waals surface area (Å²) >= 11 is 0. The van der Waals surface area contributed by atoms with Gasteiger partial charge in [0.05, 0.1) is 7.11 Å². The van der Waals surface area contributed by atoms with Crippen LogP contribution in [0.2, 0.25) is 0 Å². The minimum absolute atomic E-state index is 0.786. The van der Waals surface area contributed by atoms with Crippen molar-refractivity contribution in [1.82, 2.24) is 0 Å². The first-order chi connectivity index (χ1) is 10.1. The van der Waals surface area contributed by atoms with Gasteiger partial charge >= 0.3 is 0 Å². The molecule has 21 heavy (non-hydrogen) atoms. The van der Waals surface area contributed by atoms with Crippen molar-refractivity contribution < 1.29 is 4.74 Å². The van der Waals surface area contributed by atoms with E-state index in [1.54, 1.807) is 7.11 Å². The molecule has 1 unspecified atom stereocenters. The van der Waals surface area contributed by atoms with Crippen LogP contribution in [-0.2, 0) is 6.42 Å². The SMILES string of the molecule is CCCC/C=C(/C)c1ccc(OC)cc1CCC(C)CC. The Morgan fingerprint density at radius 2 is 2.05 bits per heavy atom. The van der Waals surface area contributed by atoms with Crippen LogP contribution in [0.3, 0.4) is 0 Å². The molecular formula is C20H32O. The number of hydrogen-bond donors (Lipinski definition) is 0. The zero-order valence-electron chi connectivity index (χ0n) is 14.5. The molecule has 1 heteroatoms. The summed E-state index contributed by atoms with van der Waals surface area (Å²) in [7, 11) is 1.75. The molecule has 1 nitrogen and oxygen atoms in total. The van der Waals surface area contributed by atoms with Gasteiger partial charge in [-0.1, -0.05) is 52.2 Å². The van der Waals surface area contributed by atoms with Crippen LogP contribution in [0.5, 0.6) is 5.75 Å². The van der Waals surface area contributed by atoms with Crippen molar-refractivity contribution in [2.24, 2.45) is 5.92 Å². The van der Waals surface area contributed by atoms with Gasteiger partial charge in [-0.2, -0.15) is 0 Å². The third-order valence-electron chi connectivity index (χ3n) is 4.35. The van der Waals surface area contributed by atoms with Crippen LogP contribution in [0.15, 0.2) is 24.3 Å². The van der Waals surface area contributed by atoms with Crippen LogP contribution < -0.4 is 4.74 Å². The first kappa shape index (κ1) is 17.8. The summed E-state index contributed by atoms with van der Waals surface area (Å²) in [6.07, 6.45) is 9.74. The van der Waals surface area contributed by atoms with E-state index in [0.717, 1.165) is 18.1 Å². The van der Waals surface area contributed by atoms with E-state index in [4.69, 9.17) is 4.74 Å². The highest BCUT2D eigenvalue weighted by atomic mass is 16.5. The Kier molecular flexibility index (Phi) is 8.19. The molecule has 0 heterocycles. The highest BCUT2D eigenvalue weighted by Gasteiger charge is 2.08. The van der Waals surface area contributed by atoms with Crippen molar-refractivity contribution in [3.05, 3.63) is 35.4 Å². The number of rotatable bonds is 9. The Morgan fingerprint density at radius 3 is 2.67 bits per heavy atom. The summed E-state index contributed by atoms with van der Waals surface area (Å²) in [6.45, 7) is 9.09. The Labute approximate surface area is 131 Å². The third kappa shape index (κ3) is 5.95. The van der Waals surface area contributed by atoms with Crippen LogP contribution in [0.1, 0.15) is 70.9 Å². The maximum atomic E-state index is 5.40. The summed E-state index contributed by atoms with van der Waals surface area (Å²) in [6, 6.07) is 6.52. The molecule has 0 amide bonds. The fraction of sp³-hybridized carbons (Fsp3) is 0.600. The van der Waals surface area contributed by atoms with Crippen molar-refractivity contribution in [3.8, 4) is 5.75 Å². The van der Waals surface area contributed by atoms with Crippen molar-refractivity contribution in [2.75, 3.05) is 7.11 Å². The van der Waals surface area contributed by atoms with Crippen molar-refractivity contribution >= 4 is 5.57 Å². The van der Waals surface area contributed by atoms with Gasteiger partial charge in [-0.3, -0.25) is 0 Å². The number of unbranched alkanes of at least 4 members (excludes halogenated alkanes) is 2. The molecule has 1 aromatic carbocycles. The zero-order chi connectivity index (χ0) is 15.7. The number of aryl methyl sites for hydroxylation is 1. The summed E-state index contributed by atoms with van der Waals surface area (Å²) in [5.74, 6) is 1.76. The fourth-order valence-electron chi connectivity index (χ4n) is 2.53. The molecule has 0 aromatic heterocycles. The van der Waals surface area contributed by atoms with E-state index < -0.39 is 0 Å². The maximum Gasteiger partial charge on any atom is 0.119 e. The lowest BCUT2D eigenvalue weighted by Crippen LogP contribution is -1.99. The predicted molar refractivity (Wildman–Crippen MR) is 93.9 cm³/mol. The molecule has 0 spiro atoms. The lowest BCUT2D eigenvalue weighted by atomic mass is 9.92. The Balaban J connectivity index is 2.92. The van der Waals surface area contributed by atoms with Crippen LogP contribution in [0.25, 0.3) is 5.57 Å². The molecule has 1 atom stereocenters. The molecule has 1 rings (SSSR count). The van der Waals surface area contributed by atoms with Crippen molar-refractivity contribution in [1.29, 1.82) is 0 Å². The molecule has 0 aliphatic rings. The van der Waals surface area contributed by atoms with Gasteiger partial charge in [-0.25, -0.2) is 0 Å². The van der Waals surface area contributed by atoms with Crippen molar-refractivity contribution in [3.63, 3.8) is 0 Å². The molecule has 118 valence electrons. The fourth-order valence-corrected chi connectivity index (χ4v) is 2.53. The largest absolute Gasteiger partial charge is 0.497 e.